The Bertz CT molecular complexity index is 826. The summed E-state index contributed by atoms with van der Waals surface area (Å²) >= 11 is 0. The number of halogens is 5. The predicted octanol–water partition coefficient (Wildman–Crippen LogP) is 5.48. The van der Waals surface area contributed by atoms with E-state index < -0.39 is 40.0 Å². The smallest absolute Gasteiger partial charge is 0.169 e. The average molecular weight is 353 g/mol. The second-order valence-electron chi connectivity index (χ2n) is 4.91. The minimum Gasteiger partial charge on any atom is -0.207 e. The molecule has 0 saturated heterocycles. The van der Waals surface area contributed by atoms with Crippen molar-refractivity contribution in [2.75, 3.05) is 0 Å². The van der Waals surface area contributed by atoms with E-state index in [9.17, 15) is 22.0 Å². The molecule has 3 aromatic carbocycles. The summed E-state index contributed by atoms with van der Waals surface area (Å²) in [7, 11) is -1.04. The molecule has 0 N–H and O–H groups in total. The Labute approximate surface area is 137 Å². The van der Waals surface area contributed by atoms with Gasteiger partial charge in [0.2, 0.25) is 0 Å². The molecule has 0 radical (unpaired) electrons. The second-order valence-corrected chi connectivity index (χ2v) is 6.94. The molecule has 0 heterocycles. The number of benzene rings is 3. The molecule has 0 atom stereocenters. The fraction of sp³-hybridized carbons (Fsp3) is 0. The molecule has 0 aliphatic rings. The maximum atomic E-state index is 13.6. The highest BCUT2D eigenvalue weighted by Gasteiger charge is 2.30. The van der Waals surface area contributed by atoms with Crippen molar-refractivity contribution in [3.63, 3.8) is 0 Å². The Kier molecular flexibility index (Phi) is 4.57. The lowest BCUT2D eigenvalue weighted by Gasteiger charge is -2.08. The van der Waals surface area contributed by atoms with Crippen LogP contribution < -0.4 is 0 Å². The van der Waals surface area contributed by atoms with Crippen molar-refractivity contribution >= 4 is 10.9 Å². The van der Waals surface area contributed by atoms with Crippen LogP contribution in [0.15, 0.2) is 75.4 Å². The summed E-state index contributed by atoms with van der Waals surface area (Å²) in [6.07, 6.45) is 0. The zero-order valence-electron chi connectivity index (χ0n) is 12.1. The SMILES string of the molecule is Fc1ccc([S+](c2ccc(F)c(F)c2)c2ccc(F)c(F)c2)cc1. The van der Waals surface area contributed by atoms with E-state index in [-0.39, 0.29) is 0 Å². The van der Waals surface area contributed by atoms with Crippen LogP contribution in [0.3, 0.4) is 0 Å². The van der Waals surface area contributed by atoms with Crippen LogP contribution >= 0.6 is 0 Å². The molecule has 0 aliphatic heterocycles. The summed E-state index contributed by atoms with van der Waals surface area (Å²) in [5.41, 5.74) is 0. The molecule has 3 aromatic rings. The molecule has 0 nitrogen and oxygen atoms in total. The normalized spacial score (nSPS) is 11.1. The van der Waals surface area contributed by atoms with E-state index in [0.29, 0.717) is 14.7 Å². The summed E-state index contributed by atoms with van der Waals surface area (Å²) in [6.45, 7) is 0. The van der Waals surface area contributed by atoms with Crippen molar-refractivity contribution in [3.8, 4) is 0 Å². The van der Waals surface area contributed by atoms with E-state index in [0.717, 1.165) is 24.3 Å². The van der Waals surface area contributed by atoms with Gasteiger partial charge in [0.05, 0.1) is 10.9 Å². The Morgan fingerprint density at radius 3 is 1.29 bits per heavy atom. The van der Waals surface area contributed by atoms with Crippen molar-refractivity contribution in [2.24, 2.45) is 0 Å². The molecule has 0 aromatic heterocycles. The van der Waals surface area contributed by atoms with E-state index in [2.05, 4.69) is 0 Å². The molecular weight excluding hydrogens is 343 g/mol. The van der Waals surface area contributed by atoms with Gasteiger partial charge in [0.25, 0.3) is 0 Å². The molecule has 0 spiro atoms. The van der Waals surface area contributed by atoms with E-state index in [1.807, 2.05) is 0 Å². The highest BCUT2D eigenvalue weighted by atomic mass is 32.2. The van der Waals surface area contributed by atoms with Crippen LogP contribution in [-0.4, -0.2) is 0 Å². The third kappa shape index (κ3) is 3.28. The fourth-order valence-electron chi connectivity index (χ4n) is 2.19. The van der Waals surface area contributed by atoms with Gasteiger partial charge in [-0.25, -0.2) is 22.0 Å². The van der Waals surface area contributed by atoms with Crippen LogP contribution in [0.25, 0.3) is 0 Å². The molecule has 0 aliphatic carbocycles. The first-order chi connectivity index (χ1) is 11.5. The van der Waals surface area contributed by atoms with Crippen LogP contribution in [0.4, 0.5) is 22.0 Å². The number of hydrogen-bond donors (Lipinski definition) is 0. The molecule has 0 amide bonds. The van der Waals surface area contributed by atoms with Crippen LogP contribution in [-0.2, 0) is 10.9 Å². The van der Waals surface area contributed by atoms with Crippen molar-refractivity contribution in [3.05, 3.63) is 89.7 Å². The van der Waals surface area contributed by atoms with Gasteiger partial charge in [-0.2, -0.15) is 0 Å². The molecule has 0 bridgehead atoms. The van der Waals surface area contributed by atoms with Crippen molar-refractivity contribution in [1.82, 2.24) is 0 Å². The summed E-state index contributed by atoms with van der Waals surface area (Å²) in [5, 5.41) is 0. The van der Waals surface area contributed by atoms with Gasteiger partial charge in [-0.3, -0.25) is 0 Å². The molecule has 24 heavy (non-hydrogen) atoms. The summed E-state index contributed by atoms with van der Waals surface area (Å²) in [4.78, 5) is 1.30. The zero-order chi connectivity index (χ0) is 17.3. The van der Waals surface area contributed by atoms with Gasteiger partial charge in [-0.05, 0) is 48.5 Å². The second kappa shape index (κ2) is 6.65. The highest BCUT2D eigenvalue weighted by Crippen LogP contribution is 2.32. The Morgan fingerprint density at radius 2 is 0.875 bits per heavy atom. The largest absolute Gasteiger partial charge is 0.207 e. The van der Waals surface area contributed by atoms with Crippen LogP contribution in [0.2, 0.25) is 0 Å². The molecular formula is C18H10F5S+. The lowest BCUT2D eigenvalue weighted by molar-refractivity contribution is 0.505. The third-order valence-corrected chi connectivity index (χ3v) is 5.50. The summed E-state index contributed by atoms with van der Waals surface area (Å²) in [6, 6.07) is 12.1. The van der Waals surface area contributed by atoms with Crippen LogP contribution in [0.1, 0.15) is 0 Å². The lowest BCUT2D eigenvalue weighted by Crippen LogP contribution is -2.07. The van der Waals surface area contributed by atoms with Crippen molar-refractivity contribution < 1.29 is 22.0 Å². The molecule has 0 saturated carbocycles. The first-order valence-electron chi connectivity index (χ1n) is 6.85. The van der Waals surface area contributed by atoms with E-state index in [1.54, 1.807) is 0 Å². The quantitative estimate of drug-likeness (QED) is 0.432. The standard InChI is InChI=1S/C18H10F5S/c19-11-1-3-12(4-2-11)24(13-5-7-15(20)17(22)9-13)14-6-8-16(21)18(23)10-14/h1-10H/q+1. The summed E-state index contributed by atoms with van der Waals surface area (Å²) < 4.78 is 66.8. The molecule has 122 valence electrons. The molecule has 0 unspecified atom stereocenters. The van der Waals surface area contributed by atoms with Gasteiger partial charge < -0.3 is 0 Å². The number of hydrogen-bond acceptors (Lipinski definition) is 0. The molecule has 3 rings (SSSR count). The van der Waals surface area contributed by atoms with Gasteiger partial charge in [0.1, 0.15) is 5.82 Å². The predicted molar refractivity (Wildman–Crippen MR) is 81.3 cm³/mol. The van der Waals surface area contributed by atoms with Crippen molar-refractivity contribution in [2.45, 2.75) is 14.7 Å². The zero-order valence-corrected chi connectivity index (χ0v) is 12.9. The first-order valence-corrected chi connectivity index (χ1v) is 8.08. The highest BCUT2D eigenvalue weighted by molar-refractivity contribution is 7.97. The topological polar surface area (TPSA) is 0 Å². The Morgan fingerprint density at radius 1 is 0.458 bits per heavy atom. The van der Waals surface area contributed by atoms with E-state index in [4.69, 9.17) is 0 Å². The van der Waals surface area contributed by atoms with Crippen LogP contribution in [0.5, 0.6) is 0 Å². The minimum atomic E-state index is -1.05. The van der Waals surface area contributed by atoms with Gasteiger partial charge >= 0.3 is 0 Å². The molecule has 0 fully saturated rings. The van der Waals surface area contributed by atoms with E-state index in [1.165, 1.54) is 36.4 Å². The maximum Gasteiger partial charge on any atom is 0.169 e. The van der Waals surface area contributed by atoms with Gasteiger partial charge in [0.15, 0.2) is 38.0 Å². The van der Waals surface area contributed by atoms with Gasteiger partial charge in [-0.1, -0.05) is 0 Å². The summed E-state index contributed by atoms with van der Waals surface area (Å²) in [5.74, 6) is -4.57. The maximum absolute atomic E-state index is 13.6. The monoisotopic (exact) mass is 353 g/mol. The van der Waals surface area contributed by atoms with Gasteiger partial charge in [-0.15, -0.1) is 0 Å². The minimum absolute atomic E-state index is 0.367. The van der Waals surface area contributed by atoms with E-state index >= 15 is 0 Å². The average Bonchev–Trinajstić information content (AvgIpc) is 2.56. The first kappa shape index (κ1) is 16.5. The van der Waals surface area contributed by atoms with Crippen LogP contribution in [0, 0.1) is 29.1 Å². The van der Waals surface area contributed by atoms with Gasteiger partial charge in [0, 0.05) is 12.1 Å². The fourth-order valence-corrected chi connectivity index (χ4v) is 4.26. The third-order valence-electron chi connectivity index (χ3n) is 3.30. The van der Waals surface area contributed by atoms with Crippen molar-refractivity contribution in [1.29, 1.82) is 0 Å². The Balaban J connectivity index is 2.17. The molecule has 6 heteroatoms. The number of rotatable bonds is 3. The Hall–Kier alpha value is -2.34. The lowest BCUT2D eigenvalue weighted by atomic mass is 10.3.